The largest absolute Gasteiger partial charge is 0.514 e. The second kappa shape index (κ2) is 14.6. The van der Waals surface area contributed by atoms with Gasteiger partial charge in [-0.3, -0.25) is 19.7 Å². The maximum absolute atomic E-state index is 12.4. The highest BCUT2D eigenvalue weighted by Crippen LogP contribution is 2.23. The number of nitrogens with one attached hydrogen (secondary N) is 1. The Morgan fingerprint density at radius 3 is 2.23 bits per heavy atom. The first-order chi connectivity index (χ1) is 16.8. The molecule has 11 heteroatoms. The summed E-state index contributed by atoms with van der Waals surface area (Å²) in [4.78, 5) is 46.5. The van der Waals surface area contributed by atoms with Crippen LogP contribution in [0.25, 0.3) is 0 Å². The topological polar surface area (TPSA) is 134 Å². The molecule has 1 N–H and O–H groups in total. The lowest BCUT2D eigenvalue weighted by molar-refractivity contribution is -0.384. The molecular weight excluding hydrogens is 476 g/mol. The molecule has 10 nitrogen and oxygen atoms in total. The van der Waals surface area contributed by atoms with Gasteiger partial charge < -0.3 is 19.5 Å². The van der Waals surface area contributed by atoms with E-state index in [4.69, 9.17) is 14.2 Å². The number of hydrogen-bond acceptors (Lipinski definition) is 9. The second-order valence-electron chi connectivity index (χ2n) is 7.40. The van der Waals surface area contributed by atoms with Crippen LogP contribution in [-0.2, 0) is 14.3 Å². The fourth-order valence-corrected chi connectivity index (χ4v) is 3.23. The number of esters is 1. The molecule has 0 fully saturated rings. The van der Waals surface area contributed by atoms with E-state index in [1.165, 1.54) is 36.0 Å². The summed E-state index contributed by atoms with van der Waals surface area (Å²) in [5.41, 5.74) is 0.399. The Morgan fingerprint density at radius 2 is 1.63 bits per heavy atom. The molecule has 0 aromatic heterocycles. The number of non-ortho nitro benzene ring substituents is 1. The maximum Gasteiger partial charge on any atom is 0.514 e. The lowest BCUT2D eigenvalue weighted by atomic mass is 10.1. The average Bonchev–Trinajstić information content (AvgIpc) is 2.84. The van der Waals surface area contributed by atoms with Crippen LogP contribution in [0.1, 0.15) is 44.3 Å². The Kier molecular flexibility index (Phi) is 11.5. The molecule has 0 saturated carbocycles. The lowest BCUT2D eigenvalue weighted by Gasteiger charge is -2.19. The van der Waals surface area contributed by atoms with E-state index >= 15 is 0 Å². The Hall–Kier alpha value is -3.60. The van der Waals surface area contributed by atoms with Crippen LogP contribution in [0.3, 0.4) is 0 Å². The molecule has 2 aromatic rings. The van der Waals surface area contributed by atoms with Gasteiger partial charge in [-0.1, -0.05) is 25.5 Å². The van der Waals surface area contributed by atoms with Gasteiger partial charge in [-0.15, -0.1) is 0 Å². The molecule has 0 aliphatic carbocycles. The van der Waals surface area contributed by atoms with Crippen molar-refractivity contribution >= 4 is 35.5 Å². The van der Waals surface area contributed by atoms with Crippen molar-refractivity contribution in [3.05, 3.63) is 64.2 Å². The molecule has 0 bridgehead atoms. The highest BCUT2D eigenvalue weighted by molar-refractivity contribution is 7.98. The normalized spacial score (nSPS) is 11.3. The minimum atomic E-state index is -1.04. The number of nitrogens with zero attached hydrogens (tertiary/aromatic N) is 1. The van der Waals surface area contributed by atoms with Crippen molar-refractivity contribution in [3.63, 3.8) is 0 Å². The Bertz CT molecular complexity index is 996. The van der Waals surface area contributed by atoms with E-state index in [0.29, 0.717) is 29.9 Å². The van der Waals surface area contributed by atoms with Gasteiger partial charge in [0.25, 0.3) is 5.69 Å². The van der Waals surface area contributed by atoms with E-state index in [1.807, 2.05) is 13.2 Å². The summed E-state index contributed by atoms with van der Waals surface area (Å²) in [6.07, 6.45) is 2.21. The summed E-state index contributed by atoms with van der Waals surface area (Å²) in [6.45, 7) is 1.98. The molecule has 188 valence electrons. The maximum atomic E-state index is 12.4. The molecule has 0 spiro atoms. The van der Waals surface area contributed by atoms with Gasteiger partial charge in [0.2, 0.25) is 5.91 Å². The Labute approximate surface area is 207 Å². The number of unbranched alkanes of at least 4 members (excludes halogenated alkanes) is 1. The van der Waals surface area contributed by atoms with Crippen LogP contribution >= 0.6 is 11.8 Å². The fourth-order valence-electron chi connectivity index (χ4n) is 2.84. The Morgan fingerprint density at radius 1 is 1.00 bits per heavy atom. The molecule has 2 aromatic carbocycles. The highest BCUT2D eigenvalue weighted by atomic mass is 32.2. The van der Waals surface area contributed by atoms with E-state index < -0.39 is 17.2 Å². The van der Waals surface area contributed by atoms with Crippen LogP contribution in [0.4, 0.5) is 10.5 Å². The number of thioether (sulfide) groups is 1. The standard InChI is InChI=1S/C24H28N2O8S/c1-3-4-5-23(28)32-19-10-6-17(7-11-19)21(16-25-22(27)14-15-35-2)34-24(29)33-20-12-8-18(9-13-20)26(30)31/h6-13,21H,3-5,14-16H2,1-2H3,(H,25,27). The number of rotatable bonds is 13. The minimum absolute atomic E-state index is 0.00178. The van der Waals surface area contributed by atoms with E-state index in [0.717, 1.165) is 12.8 Å². The molecule has 1 unspecified atom stereocenters. The smallest absolute Gasteiger partial charge is 0.427 e. The monoisotopic (exact) mass is 504 g/mol. The summed E-state index contributed by atoms with van der Waals surface area (Å²) in [6, 6.07) is 11.4. The highest BCUT2D eigenvalue weighted by Gasteiger charge is 2.20. The van der Waals surface area contributed by atoms with E-state index in [-0.39, 0.29) is 29.9 Å². The zero-order chi connectivity index (χ0) is 25.6. The van der Waals surface area contributed by atoms with Gasteiger partial charge in [0.15, 0.2) is 0 Å². The van der Waals surface area contributed by atoms with Crippen molar-refractivity contribution in [2.24, 2.45) is 0 Å². The number of benzene rings is 2. The Balaban J connectivity index is 2.07. The number of hydrogen-bond donors (Lipinski definition) is 1. The quantitative estimate of drug-likeness (QED) is 0.134. The van der Waals surface area contributed by atoms with Gasteiger partial charge in [-0.25, -0.2) is 4.79 Å². The van der Waals surface area contributed by atoms with Crippen LogP contribution in [0, 0.1) is 10.1 Å². The summed E-state index contributed by atoms with van der Waals surface area (Å²) >= 11 is 1.54. The van der Waals surface area contributed by atoms with Crippen molar-refractivity contribution in [2.45, 2.75) is 38.7 Å². The number of nitro groups is 1. The number of nitro benzene ring substituents is 1. The second-order valence-corrected chi connectivity index (χ2v) is 8.39. The van der Waals surface area contributed by atoms with Crippen molar-refractivity contribution in [3.8, 4) is 11.5 Å². The van der Waals surface area contributed by atoms with Crippen molar-refractivity contribution < 1.29 is 33.5 Å². The van der Waals surface area contributed by atoms with Crippen molar-refractivity contribution in [1.82, 2.24) is 5.32 Å². The first-order valence-electron chi connectivity index (χ1n) is 11.0. The fraction of sp³-hybridized carbons (Fsp3) is 0.375. The first-order valence-corrected chi connectivity index (χ1v) is 12.4. The molecule has 2 rings (SSSR count). The predicted molar refractivity (Wildman–Crippen MR) is 131 cm³/mol. The average molecular weight is 505 g/mol. The van der Waals surface area contributed by atoms with Crippen LogP contribution in [-0.4, -0.2) is 41.5 Å². The van der Waals surface area contributed by atoms with Gasteiger partial charge in [-0.05, 0) is 42.5 Å². The molecule has 35 heavy (non-hydrogen) atoms. The lowest BCUT2D eigenvalue weighted by Crippen LogP contribution is -2.31. The third-order valence-electron chi connectivity index (χ3n) is 4.72. The van der Waals surface area contributed by atoms with Crippen LogP contribution < -0.4 is 14.8 Å². The minimum Gasteiger partial charge on any atom is -0.427 e. The summed E-state index contributed by atoms with van der Waals surface area (Å²) in [5.74, 6) is 0.541. The summed E-state index contributed by atoms with van der Waals surface area (Å²) in [5, 5.41) is 13.5. The first kappa shape index (κ1) is 27.6. The molecular formula is C24H28N2O8S. The number of carbonyl (C=O) groups excluding carboxylic acids is 3. The van der Waals surface area contributed by atoms with E-state index in [2.05, 4.69) is 5.32 Å². The molecule has 0 aliphatic heterocycles. The molecule has 0 heterocycles. The number of amides is 1. The molecule has 0 aliphatic rings. The molecule has 0 saturated heterocycles. The van der Waals surface area contributed by atoms with Crippen molar-refractivity contribution in [1.29, 1.82) is 0 Å². The molecule has 1 atom stereocenters. The third kappa shape index (κ3) is 10.0. The van der Waals surface area contributed by atoms with Gasteiger partial charge in [-0.2, -0.15) is 11.8 Å². The van der Waals surface area contributed by atoms with Gasteiger partial charge in [0.1, 0.15) is 17.6 Å². The number of carbonyl (C=O) groups is 3. The predicted octanol–water partition coefficient (Wildman–Crippen LogP) is 4.82. The van der Waals surface area contributed by atoms with Crippen molar-refractivity contribution in [2.75, 3.05) is 18.6 Å². The number of ether oxygens (including phenoxy) is 3. The summed E-state index contributed by atoms with van der Waals surface area (Å²) < 4.78 is 15.8. The molecule has 1 amide bonds. The van der Waals surface area contributed by atoms with Crippen LogP contribution in [0.2, 0.25) is 0 Å². The SMILES string of the molecule is CCCCC(=O)Oc1ccc(C(CNC(=O)CCSC)OC(=O)Oc2ccc([N+](=O)[O-])cc2)cc1. The summed E-state index contributed by atoms with van der Waals surface area (Å²) in [7, 11) is 0. The van der Waals surface area contributed by atoms with Crippen LogP contribution in [0.15, 0.2) is 48.5 Å². The van der Waals surface area contributed by atoms with Gasteiger partial charge >= 0.3 is 12.1 Å². The zero-order valence-corrected chi connectivity index (χ0v) is 20.4. The zero-order valence-electron chi connectivity index (χ0n) is 19.6. The van der Waals surface area contributed by atoms with Crippen LogP contribution in [0.5, 0.6) is 11.5 Å². The van der Waals surface area contributed by atoms with E-state index in [1.54, 1.807) is 24.3 Å². The van der Waals surface area contributed by atoms with E-state index in [9.17, 15) is 24.5 Å². The van der Waals surface area contributed by atoms with Gasteiger partial charge in [0.05, 0.1) is 11.5 Å². The van der Waals surface area contributed by atoms with Gasteiger partial charge in [0, 0.05) is 30.7 Å². The molecule has 0 radical (unpaired) electrons. The third-order valence-corrected chi connectivity index (χ3v) is 5.34.